The number of hydrogen-bond acceptors (Lipinski definition) is 6. The van der Waals surface area contributed by atoms with E-state index in [0.29, 0.717) is 11.5 Å². The Hall–Kier alpha value is -3.12. The van der Waals surface area contributed by atoms with Gasteiger partial charge < -0.3 is 14.8 Å². The molecule has 136 valence electrons. The molecule has 6 heteroatoms. The van der Waals surface area contributed by atoms with Crippen LogP contribution in [0.3, 0.4) is 0 Å². The molecule has 27 heavy (non-hydrogen) atoms. The van der Waals surface area contributed by atoms with Crippen molar-refractivity contribution in [1.82, 2.24) is 9.97 Å². The van der Waals surface area contributed by atoms with Crippen LogP contribution in [0.15, 0.2) is 54.2 Å². The van der Waals surface area contributed by atoms with Crippen LogP contribution in [0.4, 0.5) is 11.5 Å². The highest BCUT2D eigenvalue weighted by atomic mass is 32.1. The first-order valence-electron chi connectivity index (χ1n) is 8.48. The van der Waals surface area contributed by atoms with Gasteiger partial charge in [-0.1, -0.05) is 24.3 Å². The molecular weight excluding hydrogens is 358 g/mol. The number of thiophene rings is 1. The zero-order valence-electron chi connectivity index (χ0n) is 15.3. The summed E-state index contributed by atoms with van der Waals surface area (Å²) in [6.07, 6.45) is 1.60. The molecule has 0 aliphatic rings. The van der Waals surface area contributed by atoms with Crippen LogP contribution >= 0.6 is 11.3 Å². The predicted octanol–water partition coefficient (Wildman–Crippen LogP) is 5.43. The van der Waals surface area contributed by atoms with Crippen molar-refractivity contribution in [2.75, 3.05) is 19.5 Å². The Bertz CT molecular complexity index is 1110. The average Bonchev–Trinajstić information content (AvgIpc) is 3.14. The highest BCUT2D eigenvalue weighted by molar-refractivity contribution is 7.17. The maximum Gasteiger partial charge on any atom is 0.161 e. The van der Waals surface area contributed by atoms with Crippen LogP contribution in [0.2, 0.25) is 0 Å². The lowest BCUT2D eigenvalue weighted by atomic mass is 10.1. The van der Waals surface area contributed by atoms with Gasteiger partial charge in [0.25, 0.3) is 0 Å². The summed E-state index contributed by atoms with van der Waals surface area (Å²) in [5.74, 6) is 2.19. The molecule has 0 saturated heterocycles. The van der Waals surface area contributed by atoms with E-state index in [-0.39, 0.29) is 0 Å². The van der Waals surface area contributed by atoms with E-state index in [1.807, 2.05) is 36.4 Å². The fraction of sp³-hybridized carbons (Fsp3) is 0.143. The van der Waals surface area contributed by atoms with Crippen molar-refractivity contribution in [3.05, 3.63) is 59.7 Å². The molecule has 2 heterocycles. The number of ether oxygens (including phenoxy) is 2. The normalized spacial score (nSPS) is 10.8. The topological polar surface area (TPSA) is 56.3 Å². The molecule has 0 spiro atoms. The molecule has 0 atom stereocenters. The minimum atomic E-state index is 0.694. The van der Waals surface area contributed by atoms with Crippen molar-refractivity contribution in [3.63, 3.8) is 0 Å². The van der Waals surface area contributed by atoms with Gasteiger partial charge >= 0.3 is 0 Å². The Morgan fingerprint density at radius 1 is 0.963 bits per heavy atom. The summed E-state index contributed by atoms with van der Waals surface area (Å²) in [4.78, 5) is 9.88. The van der Waals surface area contributed by atoms with Crippen molar-refractivity contribution >= 4 is 33.1 Å². The minimum absolute atomic E-state index is 0.694. The molecule has 0 fully saturated rings. The molecule has 0 unspecified atom stereocenters. The van der Waals surface area contributed by atoms with Gasteiger partial charge in [-0.25, -0.2) is 9.97 Å². The van der Waals surface area contributed by atoms with E-state index in [9.17, 15) is 0 Å². The number of aromatic nitrogens is 2. The Labute approximate surface area is 161 Å². The van der Waals surface area contributed by atoms with Crippen molar-refractivity contribution < 1.29 is 9.47 Å². The van der Waals surface area contributed by atoms with Gasteiger partial charge in [0.1, 0.15) is 17.0 Å². The number of fused-ring (bicyclic) bond motifs is 1. The fourth-order valence-corrected chi connectivity index (χ4v) is 3.94. The molecule has 1 N–H and O–H groups in total. The van der Waals surface area contributed by atoms with Crippen LogP contribution in [-0.4, -0.2) is 24.2 Å². The summed E-state index contributed by atoms with van der Waals surface area (Å²) >= 11 is 1.60. The maximum absolute atomic E-state index is 5.46. The second-order valence-electron chi connectivity index (χ2n) is 6.06. The van der Waals surface area contributed by atoms with E-state index in [1.165, 1.54) is 0 Å². The first-order chi connectivity index (χ1) is 13.2. The summed E-state index contributed by atoms with van der Waals surface area (Å²) in [6.45, 7) is 2.07. The van der Waals surface area contributed by atoms with Gasteiger partial charge in [-0.2, -0.15) is 0 Å². The summed E-state index contributed by atoms with van der Waals surface area (Å²) in [7, 11) is 3.28. The van der Waals surface area contributed by atoms with Crippen molar-refractivity contribution in [2.24, 2.45) is 0 Å². The second-order valence-corrected chi connectivity index (χ2v) is 6.92. The molecule has 4 aromatic rings. The lowest BCUT2D eigenvalue weighted by molar-refractivity contribution is 0.355. The highest BCUT2D eigenvalue weighted by Gasteiger charge is 2.15. The maximum atomic E-state index is 5.46. The summed E-state index contributed by atoms with van der Waals surface area (Å²) in [6, 6.07) is 14.1. The number of para-hydroxylation sites is 1. The number of anilines is 2. The number of nitrogens with one attached hydrogen (secondary N) is 1. The molecule has 0 bridgehead atoms. The lowest BCUT2D eigenvalue weighted by Crippen LogP contribution is -1.97. The number of hydrogen-bond donors (Lipinski definition) is 1. The third-order valence-electron chi connectivity index (χ3n) is 4.46. The molecule has 2 aromatic carbocycles. The van der Waals surface area contributed by atoms with Gasteiger partial charge in [-0.15, -0.1) is 11.3 Å². The predicted molar refractivity (Wildman–Crippen MR) is 110 cm³/mol. The number of rotatable bonds is 5. The molecule has 0 radical (unpaired) electrons. The Morgan fingerprint density at radius 3 is 2.56 bits per heavy atom. The Morgan fingerprint density at radius 2 is 1.78 bits per heavy atom. The van der Waals surface area contributed by atoms with Crippen LogP contribution in [0.5, 0.6) is 11.5 Å². The van der Waals surface area contributed by atoms with E-state index in [2.05, 4.69) is 33.7 Å². The standard InChI is InChI=1S/C21H19N3O2S/c1-13-6-4-5-7-16(13)24-20-19-15(11-27-21(19)23-12-22-20)14-8-9-17(25-2)18(10-14)26-3/h4-12H,1-3H3,(H,22,23,24). The van der Waals surface area contributed by atoms with E-state index in [4.69, 9.17) is 9.47 Å². The van der Waals surface area contributed by atoms with Crippen molar-refractivity contribution in [2.45, 2.75) is 6.92 Å². The molecule has 0 aliphatic carbocycles. The Kier molecular flexibility index (Phi) is 4.64. The fourth-order valence-electron chi connectivity index (χ4n) is 3.03. The number of methoxy groups -OCH3 is 2. The van der Waals surface area contributed by atoms with Crippen LogP contribution in [0, 0.1) is 6.92 Å². The second kappa shape index (κ2) is 7.25. The highest BCUT2D eigenvalue weighted by Crippen LogP contribution is 2.40. The molecule has 0 saturated carbocycles. The smallest absolute Gasteiger partial charge is 0.161 e. The molecule has 4 rings (SSSR count). The van der Waals surface area contributed by atoms with E-state index >= 15 is 0 Å². The largest absolute Gasteiger partial charge is 0.493 e. The van der Waals surface area contributed by atoms with Crippen LogP contribution in [0.25, 0.3) is 21.3 Å². The van der Waals surface area contributed by atoms with Gasteiger partial charge in [-0.3, -0.25) is 0 Å². The van der Waals surface area contributed by atoms with Crippen molar-refractivity contribution in [3.8, 4) is 22.6 Å². The number of aryl methyl sites for hydroxylation is 1. The monoisotopic (exact) mass is 377 g/mol. The minimum Gasteiger partial charge on any atom is -0.493 e. The lowest BCUT2D eigenvalue weighted by Gasteiger charge is -2.12. The number of benzene rings is 2. The van der Waals surface area contributed by atoms with Crippen LogP contribution in [-0.2, 0) is 0 Å². The van der Waals surface area contributed by atoms with Crippen molar-refractivity contribution in [1.29, 1.82) is 0 Å². The SMILES string of the molecule is COc1ccc(-c2csc3ncnc(Nc4ccccc4C)c23)cc1OC. The summed E-state index contributed by atoms with van der Waals surface area (Å²) < 4.78 is 10.8. The number of nitrogens with zero attached hydrogens (tertiary/aromatic N) is 2. The van der Waals surface area contributed by atoms with E-state index in [1.54, 1.807) is 31.9 Å². The third-order valence-corrected chi connectivity index (χ3v) is 5.35. The van der Waals surface area contributed by atoms with Gasteiger partial charge in [-0.05, 0) is 36.2 Å². The van der Waals surface area contributed by atoms with Crippen LogP contribution < -0.4 is 14.8 Å². The molecule has 0 amide bonds. The third kappa shape index (κ3) is 3.19. The Balaban J connectivity index is 1.85. The van der Waals surface area contributed by atoms with E-state index in [0.717, 1.165) is 38.4 Å². The summed E-state index contributed by atoms with van der Waals surface area (Å²) in [5, 5.41) is 6.56. The van der Waals surface area contributed by atoms with Gasteiger partial charge in [0.2, 0.25) is 0 Å². The molecule has 0 aliphatic heterocycles. The first-order valence-corrected chi connectivity index (χ1v) is 9.36. The quantitative estimate of drug-likeness (QED) is 0.503. The molecule has 2 aromatic heterocycles. The van der Waals surface area contributed by atoms with Crippen LogP contribution in [0.1, 0.15) is 5.56 Å². The van der Waals surface area contributed by atoms with Gasteiger partial charge in [0.15, 0.2) is 11.5 Å². The zero-order chi connectivity index (χ0) is 18.8. The van der Waals surface area contributed by atoms with Gasteiger partial charge in [0, 0.05) is 16.6 Å². The molecule has 5 nitrogen and oxygen atoms in total. The first kappa shape index (κ1) is 17.3. The van der Waals surface area contributed by atoms with Gasteiger partial charge in [0.05, 0.1) is 19.6 Å². The van der Waals surface area contributed by atoms with E-state index < -0.39 is 0 Å². The average molecular weight is 377 g/mol. The summed E-state index contributed by atoms with van der Waals surface area (Å²) in [5.41, 5.74) is 4.28. The zero-order valence-corrected chi connectivity index (χ0v) is 16.1. The molecular formula is C21H19N3O2S.